The number of piperidine rings is 1. The summed E-state index contributed by atoms with van der Waals surface area (Å²) < 4.78 is 1.43. The van der Waals surface area contributed by atoms with Crippen molar-refractivity contribution in [1.29, 1.82) is 0 Å². The molecule has 0 aliphatic carbocycles. The Morgan fingerprint density at radius 3 is 2.79 bits per heavy atom. The number of nitrogens with two attached hydrogens (primary N) is 1. The molecule has 0 saturated carbocycles. The molecule has 0 spiro atoms. The second-order valence-corrected chi connectivity index (χ2v) is 5.01. The summed E-state index contributed by atoms with van der Waals surface area (Å²) >= 11 is 0. The van der Waals surface area contributed by atoms with E-state index in [1.54, 1.807) is 12.1 Å². The van der Waals surface area contributed by atoms with Crippen LogP contribution in [0.5, 0.6) is 0 Å². The minimum atomic E-state index is -0.0829. The number of aromatic nitrogens is 3. The van der Waals surface area contributed by atoms with Crippen molar-refractivity contribution in [1.82, 2.24) is 19.9 Å². The summed E-state index contributed by atoms with van der Waals surface area (Å²) in [6, 6.07) is 7.57. The number of nitrogens with zero attached hydrogens (tertiary/aromatic N) is 4. The second kappa shape index (κ2) is 5.07. The predicted octanol–water partition coefficient (Wildman–Crippen LogP) is 0.172. The molecule has 2 N–H and O–H groups in total. The molecule has 2 heterocycles. The Morgan fingerprint density at radius 2 is 2.00 bits per heavy atom. The average molecular weight is 259 g/mol. The van der Waals surface area contributed by atoms with Crippen molar-refractivity contribution in [2.45, 2.75) is 25.6 Å². The summed E-state index contributed by atoms with van der Waals surface area (Å²) in [6.45, 7) is 2.30. The molecule has 6 nitrogen and oxygen atoms in total. The first-order valence-corrected chi connectivity index (χ1v) is 6.54. The fraction of sp³-hybridized carbons (Fsp3) is 0.462. The van der Waals surface area contributed by atoms with Gasteiger partial charge >= 0.3 is 0 Å². The van der Waals surface area contributed by atoms with E-state index in [9.17, 15) is 4.79 Å². The van der Waals surface area contributed by atoms with Gasteiger partial charge in [-0.15, -0.1) is 5.10 Å². The lowest BCUT2D eigenvalue weighted by atomic mass is 10.1. The van der Waals surface area contributed by atoms with Gasteiger partial charge in [-0.25, -0.2) is 0 Å². The molecule has 100 valence electrons. The maximum absolute atomic E-state index is 12.3. The first kappa shape index (κ1) is 12.3. The Kier molecular flexibility index (Phi) is 3.27. The van der Waals surface area contributed by atoms with Crippen molar-refractivity contribution in [2.75, 3.05) is 13.1 Å². The lowest BCUT2D eigenvalue weighted by Gasteiger charge is -2.29. The van der Waals surface area contributed by atoms with Crippen LogP contribution in [0.1, 0.15) is 12.8 Å². The van der Waals surface area contributed by atoms with Crippen LogP contribution in [0.3, 0.4) is 0 Å². The van der Waals surface area contributed by atoms with E-state index >= 15 is 0 Å². The van der Waals surface area contributed by atoms with Crippen LogP contribution in [0, 0.1) is 0 Å². The van der Waals surface area contributed by atoms with Gasteiger partial charge in [0.05, 0.1) is 12.1 Å². The predicted molar refractivity (Wildman–Crippen MR) is 72.6 cm³/mol. The maximum Gasteiger partial charge on any atom is 0.278 e. The van der Waals surface area contributed by atoms with E-state index in [1.165, 1.54) is 4.68 Å². The molecule has 1 fully saturated rings. The summed E-state index contributed by atoms with van der Waals surface area (Å²) in [4.78, 5) is 14.5. The molecule has 1 saturated heterocycles. The Balaban J connectivity index is 1.85. The summed E-state index contributed by atoms with van der Waals surface area (Å²) in [5.41, 5.74) is 6.43. The zero-order valence-electron chi connectivity index (χ0n) is 10.7. The lowest BCUT2D eigenvalue weighted by molar-refractivity contribution is 0.157. The van der Waals surface area contributed by atoms with E-state index in [2.05, 4.69) is 15.2 Å². The smallest absolute Gasteiger partial charge is 0.278 e. The van der Waals surface area contributed by atoms with Crippen LogP contribution in [0.2, 0.25) is 0 Å². The third kappa shape index (κ3) is 2.50. The highest BCUT2D eigenvalue weighted by Crippen LogP contribution is 2.09. The van der Waals surface area contributed by atoms with Crippen LogP contribution < -0.4 is 11.3 Å². The largest absolute Gasteiger partial charge is 0.328 e. The van der Waals surface area contributed by atoms with Gasteiger partial charge in [0.2, 0.25) is 0 Å². The molecule has 1 aliphatic heterocycles. The molecular weight excluding hydrogens is 242 g/mol. The van der Waals surface area contributed by atoms with E-state index in [4.69, 9.17) is 5.73 Å². The molecule has 0 unspecified atom stereocenters. The molecule has 0 bridgehead atoms. The first-order chi connectivity index (χ1) is 9.24. The van der Waals surface area contributed by atoms with Gasteiger partial charge in [-0.2, -0.15) is 4.68 Å². The van der Waals surface area contributed by atoms with E-state index in [0.29, 0.717) is 17.6 Å². The van der Waals surface area contributed by atoms with Gasteiger partial charge in [-0.1, -0.05) is 17.3 Å². The van der Waals surface area contributed by atoms with Crippen LogP contribution in [-0.4, -0.2) is 39.0 Å². The van der Waals surface area contributed by atoms with Crippen molar-refractivity contribution in [2.24, 2.45) is 5.73 Å². The molecule has 3 rings (SSSR count). The highest BCUT2D eigenvalue weighted by Gasteiger charge is 2.17. The fourth-order valence-corrected chi connectivity index (χ4v) is 2.40. The highest BCUT2D eigenvalue weighted by atomic mass is 16.1. The Labute approximate surface area is 110 Å². The quantitative estimate of drug-likeness (QED) is 0.832. The molecule has 19 heavy (non-hydrogen) atoms. The number of hydrogen-bond donors (Lipinski definition) is 1. The zero-order valence-corrected chi connectivity index (χ0v) is 10.7. The van der Waals surface area contributed by atoms with Crippen LogP contribution in [0.4, 0.5) is 0 Å². The maximum atomic E-state index is 12.3. The molecule has 1 aliphatic rings. The normalized spacial score (nSPS) is 17.9. The topological polar surface area (TPSA) is 77.0 Å². The highest BCUT2D eigenvalue weighted by molar-refractivity contribution is 5.76. The van der Waals surface area contributed by atoms with E-state index < -0.39 is 0 Å². The van der Waals surface area contributed by atoms with Gasteiger partial charge in [0.1, 0.15) is 5.52 Å². The van der Waals surface area contributed by atoms with Crippen molar-refractivity contribution < 1.29 is 0 Å². The molecular formula is C13H17N5O. The third-order valence-corrected chi connectivity index (χ3v) is 3.60. The van der Waals surface area contributed by atoms with E-state index in [1.807, 2.05) is 12.1 Å². The van der Waals surface area contributed by atoms with Crippen molar-refractivity contribution in [3.05, 3.63) is 34.6 Å². The monoisotopic (exact) mass is 259 g/mol. The summed E-state index contributed by atoms with van der Waals surface area (Å²) in [6.07, 6.45) is 1.94. The van der Waals surface area contributed by atoms with Gasteiger partial charge in [0.25, 0.3) is 5.56 Å². The minimum Gasteiger partial charge on any atom is -0.328 e. The molecule has 0 atom stereocenters. The van der Waals surface area contributed by atoms with Crippen molar-refractivity contribution in [3.63, 3.8) is 0 Å². The van der Waals surface area contributed by atoms with Gasteiger partial charge in [0.15, 0.2) is 0 Å². The van der Waals surface area contributed by atoms with Gasteiger partial charge < -0.3 is 5.73 Å². The average Bonchev–Trinajstić information content (AvgIpc) is 2.45. The van der Waals surface area contributed by atoms with E-state index in [0.717, 1.165) is 25.9 Å². The summed E-state index contributed by atoms with van der Waals surface area (Å²) in [5.74, 6) is 0. The van der Waals surface area contributed by atoms with Crippen LogP contribution >= 0.6 is 0 Å². The van der Waals surface area contributed by atoms with Crippen molar-refractivity contribution in [3.8, 4) is 0 Å². The first-order valence-electron chi connectivity index (χ1n) is 6.54. The SMILES string of the molecule is NC1CCN(Cn2nnc3ccccc3c2=O)CC1. The number of benzene rings is 1. The second-order valence-electron chi connectivity index (χ2n) is 5.01. The van der Waals surface area contributed by atoms with Crippen LogP contribution in [0.15, 0.2) is 29.1 Å². The molecule has 2 aromatic rings. The number of fused-ring (bicyclic) bond motifs is 1. The van der Waals surface area contributed by atoms with Crippen molar-refractivity contribution >= 4 is 10.9 Å². The minimum absolute atomic E-state index is 0.0829. The molecule has 0 radical (unpaired) electrons. The Morgan fingerprint density at radius 1 is 1.26 bits per heavy atom. The summed E-state index contributed by atoms with van der Waals surface area (Å²) in [7, 11) is 0. The Hall–Kier alpha value is -1.79. The van der Waals surface area contributed by atoms with Gasteiger partial charge in [-0.3, -0.25) is 9.69 Å². The fourth-order valence-electron chi connectivity index (χ4n) is 2.40. The summed E-state index contributed by atoms with van der Waals surface area (Å²) in [5, 5.41) is 8.70. The number of hydrogen-bond acceptors (Lipinski definition) is 5. The van der Waals surface area contributed by atoms with E-state index in [-0.39, 0.29) is 11.6 Å². The molecule has 1 aromatic heterocycles. The van der Waals surface area contributed by atoms with Crippen LogP contribution in [-0.2, 0) is 6.67 Å². The lowest BCUT2D eigenvalue weighted by Crippen LogP contribution is -2.42. The number of rotatable bonds is 2. The standard InChI is InChI=1S/C13H17N5O/c14-10-5-7-17(8-6-10)9-18-13(19)11-3-1-2-4-12(11)15-16-18/h1-4,10H,5-9,14H2. The number of likely N-dealkylation sites (tertiary alicyclic amines) is 1. The molecule has 6 heteroatoms. The zero-order chi connectivity index (χ0) is 13.2. The third-order valence-electron chi connectivity index (χ3n) is 3.60. The molecule has 0 amide bonds. The van der Waals surface area contributed by atoms with Gasteiger partial charge in [0, 0.05) is 19.1 Å². The molecule has 1 aromatic carbocycles. The Bertz CT molecular complexity index is 630. The van der Waals surface area contributed by atoms with Gasteiger partial charge in [-0.05, 0) is 25.0 Å². The van der Waals surface area contributed by atoms with Crippen LogP contribution in [0.25, 0.3) is 10.9 Å².